The highest BCUT2D eigenvalue weighted by Crippen LogP contribution is 2.29. The van der Waals surface area contributed by atoms with E-state index in [4.69, 9.17) is 16.3 Å². The molecule has 3 aromatic carbocycles. The van der Waals surface area contributed by atoms with Gasteiger partial charge in [-0.25, -0.2) is 0 Å². The number of anilines is 1. The van der Waals surface area contributed by atoms with E-state index in [1.807, 2.05) is 60.7 Å². The summed E-state index contributed by atoms with van der Waals surface area (Å²) in [6, 6.07) is 21.9. The van der Waals surface area contributed by atoms with E-state index in [0.717, 1.165) is 16.8 Å². The molecule has 1 saturated heterocycles. The molecule has 1 fully saturated rings. The van der Waals surface area contributed by atoms with Crippen LogP contribution in [0.2, 0.25) is 5.02 Å². The number of nitrogens with one attached hydrogen (secondary N) is 1. The number of carbonyl (C=O) groups is 1. The Kier molecular flexibility index (Phi) is 7.13. The number of nitrogens with zero attached hydrogens (tertiary/aromatic N) is 1. The Bertz CT molecular complexity index is 1060. The maximum atomic E-state index is 12.4. The Morgan fingerprint density at radius 1 is 1.00 bits per heavy atom. The van der Waals surface area contributed by atoms with Crippen molar-refractivity contribution in [1.82, 2.24) is 4.90 Å². The van der Waals surface area contributed by atoms with Crippen molar-refractivity contribution in [3.63, 3.8) is 0 Å². The van der Waals surface area contributed by atoms with Crippen molar-refractivity contribution in [3.05, 3.63) is 82.9 Å². The lowest BCUT2D eigenvalue weighted by atomic mass is 10.0. The van der Waals surface area contributed by atoms with Gasteiger partial charge in [0.05, 0.1) is 0 Å². The number of likely N-dealkylation sites (tertiary alicyclic amines) is 1. The average molecular weight is 449 g/mol. The third-order valence-corrected chi connectivity index (χ3v) is 6.35. The molecule has 1 aliphatic heterocycles. The van der Waals surface area contributed by atoms with Crippen LogP contribution in [0.4, 0.5) is 5.69 Å². The Hall–Kier alpha value is -2.82. The molecule has 0 aromatic heterocycles. The molecular weight excluding hydrogens is 420 g/mol. The largest absolute Gasteiger partial charge is 0.484 e. The first-order valence-electron chi connectivity index (χ1n) is 11.1. The molecule has 1 N–H and O–H groups in total. The Balaban J connectivity index is 1.31. The van der Waals surface area contributed by atoms with Crippen molar-refractivity contribution < 1.29 is 9.53 Å². The second-order valence-corrected chi connectivity index (χ2v) is 8.79. The first kappa shape index (κ1) is 22.4. The molecule has 1 unspecified atom stereocenters. The highest BCUT2D eigenvalue weighted by molar-refractivity contribution is 6.30. The zero-order valence-corrected chi connectivity index (χ0v) is 19.4. The molecule has 3 aromatic rings. The number of halogens is 1. The number of carbonyl (C=O) groups excluding carboxylic acids is 1. The molecule has 4 nitrogen and oxygen atoms in total. The van der Waals surface area contributed by atoms with Gasteiger partial charge in [0.2, 0.25) is 0 Å². The van der Waals surface area contributed by atoms with Gasteiger partial charge in [0.25, 0.3) is 5.91 Å². The summed E-state index contributed by atoms with van der Waals surface area (Å²) >= 11 is 5.95. The van der Waals surface area contributed by atoms with Crippen molar-refractivity contribution in [2.75, 3.05) is 25.0 Å². The van der Waals surface area contributed by atoms with Gasteiger partial charge in [-0.2, -0.15) is 0 Å². The molecule has 0 radical (unpaired) electrons. The van der Waals surface area contributed by atoms with Crippen LogP contribution in [0.1, 0.15) is 36.9 Å². The lowest BCUT2D eigenvalue weighted by molar-refractivity contribution is -0.118. The van der Waals surface area contributed by atoms with E-state index in [9.17, 15) is 4.79 Å². The van der Waals surface area contributed by atoms with Gasteiger partial charge < -0.3 is 10.1 Å². The molecule has 32 heavy (non-hydrogen) atoms. The SMILES string of the molecule is Cc1cc(OCC(=O)Nc2ccc(-c3ccc(Cl)cc3)cc2)ccc1C(C)N1CCCC1. The predicted octanol–water partition coefficient (Wildman–Crippen LogP) is 6.49. The van der Waals surface area contributed by atoms with Crippen LogP contribution in [0.25, 0.3) is 11.1 Å². The number of amides is 1. The number of rotatable bonds is 7. The van der Waals surface area contributed by atoms with Crippen molar-refractivity contribution in [2.24, 2.45) is 0 Å². The monoisotopic (exact) mass is 448 g/mol. The molecular formula is C27H29ClN2O2. The maximum Gasteiger partial charge on any atom is 0.262 e. The van der Waals surface area contributed by atoms with Crippen molar-refractivity contribution in [1.29, 1.82) is 0 Å². The molecule has 0 spiro atoms. The summed E-state index contributed by atoms with van der Waals surface area (Å²) in [6.45, 7) is 6.68. The Morgan fingerprint density at radius 3 is 2.25 bits per heavy atom. The molecule has 1 heterocycles. The van der Waals surface area contributed by atoms with E-state index in [1.54, 1.807) is 0 Å². The predicted molar refractivity (Wildman–Crippen MR) is 131 cm³/mol. The van der Waals surface area contributed by atoms with Crippen LogP contribution in [-0.2, 0) is 4.79 Å². The highest BCUT2D eigenvalue weighted by Gasteiger charge is 2.20. The lowest BCUT2D eigenvalue weighted by Gasteiger charge is -2.25. The molecule has 166 valence electrons. The smallest absolute Gasteiger partial charge is 0.262 e. The summed E-state index contributed by atoms with van der Waals surface area (Å²) in [5.41, 5.74) is 5.40. The van der Waals surface area contributed by atoms with Crippen molar-refractivity contribution in [2.45, 2.75) is 32.7 Å². The lowest BCUT2D eigenvalue weighted by Crippen LogP contribution is -2.24. The molecule has 0 bridgehead atoms. The number of aryl methyl sites for hydroxylation is 1. The number of ether oxygens (including phenoxy) is 1. The van der Waals surface area contributed by atoms with Crippen LogP contribution in [0.15, 0.2) is 66.7 Å². The van der Waals surface area contributed by atoms with Crippen LogP contribution in [0.3, 0.4) is 0 Å². The third-order valence-electron chi connectivity index (χ3n) is 6.10. The minimum atomic E-state index is -0.184. The summed E-state index contributed by atoms with van der Waals surface area (Å²) in [4.78, 5) is 14.9. The molecule has 1 aliphatic rings. The van der Waals surface area contributed by atoms with Crippen LogP contribution in [0.5, 0.6) is 5.75 Å². The quantitative estimate of drug-likeness (QED) is 0.449. The Morgan fingerprint density at radius 2 is 1.62 bits per heavy atom. The van der Waals surface area contributed by atoms with Crippen LogP contribution >= 0.6 is 11.6 Å². The summed E-state index contributed by atoms with van der Waals surface area (Å²) in [5, 5.41) is 3.60. The van der Waals surface area contributed by atoms with Gasteiger partial charge in [-0.15, -0.1) is 0 Å². The average Bonchev–Trinajstić information content (AvgIpc) is 3.34. The molecule has 0 aliphatic carbocycles. The normalized spacial score (nSPS) is 14.8. The number of hydrogen-bond donors (Lipinski definition) is 1. The van der Waals surface area contributed by atoms with E-state index in [1.165, 1.54) is 37.1 Å². The van der Waals surface area contributed by atoms with E-state index >= 15 is 0 Å². The fourth-order valence-electron chi connectivity index (χ4n) is 4.27. The zero-order valence-electron chi connectivity index (χ0n) is 18.6. The summed E-state index contributed by atoms with van der Waals surface area (Å²) in [5.74, 6) is 0.532. The van der Waals surface area contributed by atoms with Crippen molar-refractivity contribution in [3.8, 4) is 16.9 Å². The number of benzene rings is 3. The highest BCUT2D eigenvalue weighted by atomic mass is 35.5. The molecule has 5 heteroatoms. The van der Waals surface area contributed by atoms with Gasteiger partial charge in [-0.3, -0.25) is 9.69 Å². The third kappa shape index (κ3) is 5.50. The minimum absolute atomic E-state index is 0.0284. The summed E-state index contributed by atoms with van der Waals surface area (Å²) in [7, 11) is 0. The molecule has 0 saturated carbocycles. The summed E-state index contributed by atoms with van der Waals surface area (Å²) in [6.07, 6.45) is 2.56. The van der Waals surface area contributed by atoms with Crippen LogP contribution in [0, 0.1) is 6.92 Å². The number of hydrogen-bond acceptors (Lipinski definition) is 3. The van der Waals surface area contributed by atoms with Gasteiger partial charge in [-0.05, 0) is 98.4 Å². The molecule has 1 atom stereocenters. The van der Waals surface area contributed by atoms with E-state index in [0.29, 0.717) is 16.8 Å². The van der Waals surface area contributed by atoms with Crippen molar-refractivity contribution >= 4 is 23.2 Å². The second-order valence-electron chi connectivity index (χ2n) is 8.36. The summed E-state index contributed by atoms with van der Waals surface area (Å²) < 4.78 is 5.75. The van der Waals surface area contributed by atoms with Gasteiger partial charge in [0.1, 0.15) is 5.75 Å². The van der Waals surface area contributed by atoms with E-state index in [2.05, 4.69) is 30.1 Å². The topological polar surface area (TPSA) is 41.6 Å². The van der Waals surface area contributed by atoms with E-state index in [-0.39, 0.29) is 12.5 Å². The molecule has 1 amide bonds. The van der Waals surface area contributed by atoms with Crippen LogP contribution < -0.4 is 10.1 Å². The first-order valence-corrected chi connectivity index (χ1v) is 11.5. The van der Waals surface area contributed by atoms with Gasteiger partial charge in [0, 0.05) is 16.8 Å². The van der Waals surface area contributed by atoms with Gasteiger partial charge >= 0.3 is 0 Å². The van der Waals surface area contributed by atoms with Gasteiger partial charge in [0.15, 0.2) is 6.61 Å². The first-order chi connectivity index (χ1) is 15.5. The van der Waals surface area contributed by atoms with Crippen LogP contribution in [-0.4, -0.2) is 30.5 Å². The minimum Gasteiger partial charge on any atom is -0.484 e. The van der Waals surface area contributed by atoms with Gasteiger partial charge in [-0.1, -0.05) is 41.9 Å². The fourth-order valence-corrected chi connectivity index (χ4v) is 4.39. The molecule has 4 rings (SSSR count). The maximum absolute atomic E-state index is 12.4. The second kappa shape index (κ2) is 10.2. The fraction of sp³-hybridized carbons (Fsp3) is 0.296. The Labute approximate surface area is 195 Å². The standard InChI is InChI=1S/C27H29ClN2O2/c1-19-17-25(13-14-26(19)20(2)30-15-3-4-16-30)32-18-27(31)29-24-11-7-22(8-12-24)21-5-9-23(28)10-6-21/h5-14,17,20H,3-4,15-16,18H2,1-2H3,(H,29,31). The van der Waals surface area contributed by atoms with E-state index < -0.39 is 0 Å². The zero-order chi connectivity index (χ0) is 22.5.